The van der Waals surface area contributed by atoms with Crippen molar-refractivity contribution in [3.05, 3.63) is 42.2 Å². The summed E-state index contributed by atoms with van der Waals surface area (Å²) < 4.78 is 30.1. The van der Waals surface area contributed by atoms with E-state index in [9.17, 15) is 8.78 Å². The highest BCUT2D eigenvalue weighted by molar-refractivity contribution is 5.79. The number of imidazole rings is 1. The summed E-state index contributed by atoms with van der Waals surface area (Å²) in [7, 11) is 0. The molecule has 7 heteroatoms. The van der Waals surface area contributed by atoms with Gasteiger partial charge in [0.2, 0.25) is 5.95 Å². The summed E-state index contributed by atoms with van der Waals surface area (Å²) >= 11 is 0. The average molecular weight is 263 g/mol. The van der Waals surface area contributed by atoms with E-state index in [-0.39, 0.29) is 11.5 Å². The van der Waals surface area contributed by atoms with E-state index in [0.29, 0.717) is 18.6 Å². The molecule has 0 fully saturated rings. The lowest BCUT2D eigenvalue weighted by atomic mass is 10.3. The second-order valence-corrected chi connectivity index (χ2v) is 4.15. The van der Waals surface area contributed by atoms with Crippen molar-refractivity contribution in [3.63, 3.8) is 0 Å². The van der Waals surface area contributed by atoms with Gasteiger partial charge in [-0.05, 0) is 6.07 Å². The van der Waals surface area contributed by atoms with Crippen molar-refractivity contribution >= 4 is 17.0 Å². The molecular formula is C12H11F2N5. The van der Waals surface area contributed by atoms with Crippen LogP contribution in [0.2, 0.25) is 0 Å². The molecule has 0 atom stereocenters. The van der Waals surface area contributed by atoms with Crippen molar-refractivity contribution in [1.82, 2.24) is 19.3 Å². The van der Waals surface area contributed by atoms with Gasteiger partial charge in [-0.25, -0.2) is 13.8 Å². The van der Waals surface area contributed by atoms with E-state index in [4.69, 9.17) is 5.73 Å². The predicted octanol–water partition coefficient (Wildman–Crippen LogP) is 1.79. The molecule has 0 saturated heterocycles. The zero-order valence-corrected chi connectivity index (χ0v) is 9.92. The molecule has 1 aromatic carbocycles. The molecule has 98 valence electrons. The van der Waals surface area contributed by atoms with Gasteiger partial charge in [0.15, 0.2) is 5.82 Å². The number of halogens is 2. The first-order chi connectivity index (χ1) is 9.15. The minimum atomic E-state index is -0.709. The van der Waals surface area contributed by atoms with Crippen molar-refractivity contribution in [2.24, 2.45) is 0 Å². The summed E-state index contributed by atoms with van der Waals surface area (Å²) in [6.45, 7) is 0.980. The van der Waals surface area contributed by atoms with Crippen LogP contribution in [-0.4, -0.2) is 19.3 Å². The van der Waals surface area contributed by atoms with Gasteiger partial charge < -0.3 is 10.3 Å². The third-order valence-corrected chi connectivity index (χ3v) is 2.91. The average Bonchev–Trinajstić information content (AvgIpc) is 2.95. The largest absolute Gasteiger partial charge is 0.369 e. The van der Waals surface area contributed by atoms with Gasteiger partial charge in [0, 0.05) is 31.1 Å². The van der Waals surface area contributed by atoms with Crippen LogP contribution in [0.4, 0.5) is 14.7 Å². The minimum absolute atomic E-state index is 0.0827. The van der Waals surface area contributed by atoms with Crippen LogP contribution in [0.5, 0.6) is 0 Å². The van der Waals surface area contributed by atoms with Crippen molar-refractivity contribution < 1.29 is 8.78 Å². The summed E-state index contributed by atoms with van der Waals surface area (Å²) in [6, 6.07) is 3.83. The Morgan fingerprint density at radius 1 is 1.21 bits per heavy atom. The molecule has 0 bridgehead atoms. The van der Waals surface area contributed by atoms with E-state index in [1.807, 2.05) is 0 Å². The van der Waals surface area contributed by atoms with Crippen molar-refractivity contribution in [1.29, 1.82) is 0 Å². The van der Waals surface area contributed by atoms with Crippen LogP contribution in [0, 0.1) is 11.6 Å². The smallest absolute Gasteiger partial charge is 0.201 e. The fourth-order valence-electron chi connectivity index (χ4n) is 2.04. The number of nitrogens with zero attached hydrogens (tertiary/aromatic N) is 4. The Bertz CT molecular complexity index is 717. The van der Waals surface area contributed by atoms with Crippen molar-refractivity contribution in [3.8, 4) is 0 Å². The van der Waals surface area contributed by atoms with Crippen molar-refractivity contribution in [2.75, 3.05) is 5.73 Å². The standard InChI is InChI=1S/C12H11F2N5/c13-8-6-9(14)11-10(7-8)19(12(15)17-11)5-4-18-3-1-2-16-18/h1-3,6-7H,4-5H2,(H2,15,17). The second-order valence-electron chi connectivity index (χ2n) is 4.15. The number of hydrogen-bond donors (Lipinski definition) is 1. The Hall–Kier alpha value is -2.44. The summed E-state index contributed by atoms with van der Waals surface area (Å²) in [5.74, 6) is -1.20. The third kappa shape index (κ3) is 2.03. The summed E-state index contributed by atoms with van der Waals surface area (Å²) in [6.07, 6.45) is 3.46. The Labute approximate surface area is 107 Å². The molecular weight excluding hydrogens is 252 g/mol. The maximum absolute atomic E-state index is 13.6. The zero-order valence-electron chi connectivity index (χ0n) is 9.92. The number of nitrogens with two attached hydrogens (primary N) is 1. The lowest BCUT2D eigenvalue weighted by molar-refractivity contribution is 0.543. The molecule has 5 nitrogen and oxygen atoms in total. The van der Waals surface area contributed by atoms with Crippen LogP contribution in [0.1, 0.15) is 0 Å². The van der Waals surface area contributed by atoms with Crippen LogP contribution in [0.25, 0.3) is 11.0 Å². The maximum atomic E-state index is 13.6. The Morgan fingerprint density at radius 3 is 2.79 bits per heavy atom. The maximum Gasteiger partial charge on any atom is 0.201 e. The summed E-state index contributed by atoms with van der Waals surface area (Å²) in [5.41, 5.74) is 6.18. The topological polar surface area (TPSA) is 61.7 Å². The number of aromatic nitrogens is 4. The van der Waals surface area contributed by atoms with Gasteiger partial charge in [-0.1, -0.05) is 0 Å². The Morgan fingerprint density at radius 2 is 2.05 bits per heavy atom. The molecule has 0 amide bonds. The molecule has 0 aliphatic heterocycles. The van der Waals surface area contributed by atoms with Crippen LogP contribution in [0.3, 0.4) is 0 Å². The molecule has 3 aromatic rings. The lowest BCUT2D eigenvalue weighted by Gasteiger charge is -2.06. The summed E-state index contributed by atoms with van der Waals surface area (Å²) in [4.78, 5) is 3.92. The number of aryl methyl sites for hydroxylation is 2. The molecule has 2 N–H and O–H groups in total. The SMILES string of the molecule is Nc1nc2c(F)cc(F)cc2n1CCn1cccn1. The summed E-state index contributed by atoms with van der Waals surface area (Å²) in [5, 5.41) is 4.05. The number of rotatable bonds is 3. The number of anilines is 1. The van der Waals surface area contributed by atoms with Gasteiger partial charge in [0.05, 0.1) is 12.1 Å². The van der Waals surface area contributed by atoms with Gasteiger partial charge >= 0.3 is 0 Å². The molecule has 0 radical (unpaired) electrons. The quantitative estimate of drug-likeness (QED) is 0.783. The van der Waals surface area contributed by atoms with E-state index in [1.165, 1.54) is 6.07 Å². The van der Waals surface area contributed by atoms with Crippen LogP contribution in [-0.2, 0) is 13.1 Å². The molecule has 19 heavy (non-hydrogen) atoms. The normalized spacial score (nSPS) is 11.3. The lowest BCUT2D eigenvalue weighted by Crippen LogP contribution is -2.10. The van der Waals surface area contributed by atoms with E-state index in [2.05, 4.69) is 10.1 Å². The Balaban J connectivity index is 2.00. The zero-order chi connectivity index (χ0) is 13.4. The Kier molecular flexibility index (Phi) is 2.66. The molecule has 2 heterocycles. The molecule has 3 rings (SSSR count). The minimum Gasteiger partial charge on any atom is -0.369 e. The molecule has 0 aliphatic rings. The fourth-order valence-corrected chi connectivity index (χ4v) is 2.04. The first kappa shape index (κ1) is 11.6. The van der Waals surface area contributed by atoms with Gasteiger partial charge in [-0.2, -0.15) is 5.10 Å². The second kappa shape index (κ2) is 4.34. The van der Waals surface area contributed by atoms with Gasteiger partial charge in [-0.15, -0.1) is 0 Å². The highest BCUT2D eigenvalue weighted by Gasteiger charge is 2.13. The van der Waals surface area contributed by atoms with Crippen LogP contribution in [0.15, 0.2) is 30.6 Å². The molecule has 0 unspecified atom stereocenters. The monoisotopic (exact) mass is 263 g/mol. The fraction of sp³-hybridized carbons (Fsp3) is 0.167. The van der Waals surface area contributed by atoms with Crippen LogP contribution >= 0.6 is 0 Å². The third-order valence-electron chi connectivity index (χ3n) is 2.91. The highest BCUT2D eigenvalue weighted by atomic mass is 19.1. The number of benzene rings is 1. The van der Waals surface area contributed by atoms with E-state index >= 15 is 0 Å². The molecule has 0 aliphatic carbocycles. The number of hydrogen-bond acceptors (Lipinski definition) is 3. The number of nitrogen functional groups attached to an aromatic ring is 1. The first-order valence-corrected chi connectivity index (χ1v) is 5.73. The van der Waals surface area contributed by atoms with E-state index < -0.39 is 11.6 Å². The molecule has 0 spiro atoms. The van der Waals surface area contributed by atoms with Gasteiger partial charge in [-0.3, -0.25) is 4.68 Å². The van der Waals surface area contributed by atoms with Gasteiger partial charge in [0.25, 0.3) is 0 Å². The molecule has 2 aromatic heterocycles. The van der Waals surface area contributed by atoms with E-state index in [1.54, 1.807) is 27.7 Å². The van der Waals surface area contributed by atoms with Crippen LogP contribution < -0.4 is 5.73 Å². The molecule has 0 saturated carbocycles. The van der Waals surface area contributed by atoms with Gasteiger partial charge in [0.1, 0.15) is 11.3 Å². The number of fused-ring (bicyclic) bond motifs is 1. The van der Waals surface area contributed by atoms with Crippen molar-refractivity contribution in [2.45, 2.75) is 13.1 Å². The first-order valence-electron chi connectivity index (χ1n) is 5.73. The predicted molar refractivity (Wildman–Crippen MR) is 66.3 cm³/mol. The highest BCUT2D eigenvalue weighted by Crippen LogP contribution is 2.22. The van der Waals surface area contributed by atoms with E-state index in [0.717, 1.165) is 6.07 Å².